The van der Waals surface area contributed by atoms with Gasteiger partial charge in [-0.05, 0) is 25.1 Å². The van der Waals surface area contributed by atoms with Gasteiger partial charge >= 0.3 is 0 Å². The normalized spacial score (nSPS) is 10.1. The highest BCUT2D eigenvalue weighted by Crippen LogP contribution is 2.16. The smallest absolute Gasteiger partial charge is 0.161 e. The molecule has 16 heavy (non-hydrogen) atoms. The van der Waals surface area contributed by atoms with Crippen molar-refractivity contribution in [1.29, 1.82) is 0 Å². The van der Waals surface area contributed by atoms with Gasteiger partial charge in [-0.2, -0.15) is 0 Å². The molecule has 2 aromatic rings. The molecule has 4 heteroatoms. The van der Waals surface area contributed by atoms with Crippen LogP contribution < -0.4 is 5.32 Å². The minimum Gasteiger partial charge on any atom is -0.370 e. The van der Waals surface area contributed by atoms with E-state index in [9.17, 15) is 4.39 Å². The van der Waals surface area contributed by atoms with Gasteiger partial charge in [0.1, 0.15) is 11.6 Å². The standard InChI is InChI=1S/C12H12FN3/c1-2-14-11-6-7-15-12(16-11)9-4-3-5-10(13)8-9/h3-8H,2H2,1H3,(H,14,15,16). The molecule has 0 fully saturated rings. The zero-order valence-corrected chi connectivity index (χ0v) is 8.94. The second kappa shape index (κ2) is 4.70. The summed E-state index contributed by atoms with van der Waals surface area (Å²) in [6.45, 7) is 2.78. The Bertz CT molecular complexity index is 485. The third-order valence-electron chi connectivity index (χ3n) is 2.10. The van der Waals surface area contributed by atoms with Crippen LogP contribution in [0.5, 0.6) is 0 Å². The lowest BCUT2D eigenvalue weighted by molar-refractivity contribution is 0.628. The van der Waals surface area contributed by atoms with Crippen molar-refractivity contribution in [3.05, 3.63) is 42.3 Å². The van der Waals surface area contributed by atoms with Gasteiger partial charge in [0.05, 0.1) is 0 Å². The molecule has 0 unspecified atom stereocenters. The van der Waals surface area contributed by atoms with Crippen LogP contribution in [0.2, 0.25) is 0 Å². The summed E-state index contributed by atoms with van der Waals surface area (Å²) in [5.74, 6) is 0.990. The summed E-state index contributed by atoms with van der Waals surface area (Å²) in [6, 6.07) is 8.04. The first-order valence-electron chi connectivity index (χ1n) is 5.12. The van der Waals surface area contributed by atoms with Crippen molar-refractivity contribution in [2.75, 3.05) is 11.9 Å². The number of aromatic nitrogens is 2. The molecule has 0 bridgehead atoms. The van der Waals surface area contributed by atoms with E-state index in [-0.39, 0.29) is 5.82 Å². The van der Waals surface area contributed by atoms with Crippen LogP contribution in [0.25, 0.3) is 11.4 Å². The molecule has 0 aliphatic carbocycles. The van der Waals surface area contributed by atoms with E-state index < -0.39 is 0 Å². The van der Waals surface area contributed by atoms with Crippen LogP contribution in [0.3, 0.4) is 0 Å². The first-order chi connectivity index (χ1) is 7.79. The van der Waals surface area contributed by atoms with E-state index in [1.165, 1.54) is 12.1 Å². The molecule has 1 aromatic carbocycles. The number of halogens is 1. The van der Waals surface area contributed by atoms with E-state index in [4.69, 9.17) is 0 Å². The highest BCUT2D eigenvalue weighted by atomic mass is 19.1. The predicted octanol–water partition coefficient (Wildman–Crippen LogP) is 2.71. The summed E-state index contributed by atoms with van der Waals surface area (Å²) in [5, 5.41) is 3.09. The number of hydrogen-bond donors (Lipinski definition) is 1. The molecular formula is C12H12FN3. The maximum absolute atomic E-state index is 13.0. The second-order valence-corrected chi connectivity index (χ2v) is 3.31. The van der Waals surface area contributed by atoms with Gasteiger partial charge in [0.25, 0.3) is 0 Å². The number of anilines is 1. The lowest BCUT2D eigenvalue weighted by atomic mass is 10.2. The highest BCUT2D eigenvalue weighted by Gasteiger charge is 2.02. The van der Waals surface area contributed by atoms with Crippen molar-refractivity contribution in [2.24, 2.45) is 0 Å². The second-order valence-electron chi connectivity index (χ2n) is 3.31. The monoisotopic (exact) mass is 217 g/mol. The molecule has 82 valence electrons. The Morgan fingerprint density at radius 2 is 2.19 bits per heavy atom. The van der Waals surface area contributed by atoms with E-state index in [1.54, 1.807) is 24.4 Å². The number of benzene rings is 1. The molecule has 1 aromatic heterocycles. The summed E-state index contributed by atoms with van der Waals surface area (Å²) >= 11 is 0. The number of nitrogens with one attached hydrogen (secondary N) is 1. The minimum atomic E-state index is -0.282. The van der Waals surface area contributed by atoms with Crippen LogP contribution in [-0.4, -0.2) is 16.5 Å². The molecule has 0 aliphatic rings. The Kier molecular flexibility index (Phi) is 3.10. The van der Waals surface area contributed by atoms with Crippen LogP contribution in [0, 0.1) is 5.82 Å². The predicted molar refractivity (Wildman–Crippen MR) is 61.6 cm³/mol. The Labute approximate surface area is 93.4 Å². The van der Waals surface area contributed by atoms with E-state index in [0.29, 0.717) is 11.4 Å². The Hall–Kier alpha value is -1.97. The van der Waals surface area contributed by atoms with Crippen LogP contribution in [-0.2, 0) is 0 Å². The van der Waals surface area contributed by atoms with Crippen molar-refractivity contribution in [2.45, 2.75) is 6.92 Å². The van der Waals surface area contributed by atoms with Gasteiger partial charge in [-0.15, -0.1) is 0 Å². The summed E-state index contributed by atoms with van der Waals surface area (Å²) in [6.07, 6.45) is 1.66. The molecule has 3 nitrogen and oxygen atoms in total. The topological polar surface area (TPSA) is 37.8 Å². The zero-order chi connectivity index (χ0) is 11.4. The molecule has 0 radical (unpaired) electrons. The summed E-state index contributed by atoms with van der Waals surface area (Å²) in [7, 11) is 0. The summed E-state index contributed by atoms with van der Waals surface area (Å²) < 4.78 is 13.0. The first-order valence-corrected chi connectivity index (χ1v) is 5.12. The first kappa shape index (κ1) is 10.5. The fourth-order valence-corrected chi connectivity index (χ4v) is 1.40. The maximum Gasteiger partial charge on any atom is 0.161 e. The van der Waals surface area contributed by atoms with Crippen LogP contribution >= 0.6 is 0 Å². The van der Waals surface area contributed by atoms with Crippen LogP contribution in [0.4, 0.5) is 10.2 Å². The minimum absolute atomic E-state index is 0.282. The molecule has 0 saturated heterocycles. The van der Waals surface area contributed by atoms with E-state index in [2.05, 4.69) is 15.3 Å². The fraction of sp³-hybridized carbons (Fsp3) is 0.167. The molecule has 0 spiro atoms. The summed E-state index contributed by atoms with van der Waals surface area (Å²) in [5.41, 5.74) is 0.680. The lowest BCUT2D eigenvalue weighted by Crippen LogP contribution is -2.00. The average molecular weight is 217 g/mol. The Morgan fingerprint density at radius 1 is 1.31 bits per heavy atom. The van der Waals surface area contributed by atoms with Gasteiger partial charge in [0.2, 0.25) is 0 Å². The third kappa shape index (κ3) is 2.34. The van der Waals surface area contributed by atoms with Gasteiger partial charge in [-0.25, -0.2) is 14.4 Å². The van der Waals surface area contributed by atoms with Gasteiger partial charge < -0.3 is 5.32 Å². The van der Waals surface area contributed by atoms with Gasteiger partial charge in [-0.1, -0.05) is 12.1 Å². The van der Waals surface area contributed by atoms with Gasteiger partial charge in [-0.3, -0.25) is 0 Å². The molecule has 0 aliphatic heterocycles. The van der Waals surface area contributed by atoms with Crippen molar-refractivity contribution >= 4 is 5.82 Å². The average Bonchev–Trinajstić information content (AvgIpc) is 2.30. The Balaban J connectivity index is 2.36. The van der Waals surface area contributed by atoms with E-state index >= 15 is 0 Å². The van der Waals surface area contributed by atoms with Crippen molar-refractivity contribution < 1.29 is 4.39 Å². The van der Waals surface area contributed by atoms with Gasteiger partial charge in [0, 0.05) is 18.3 Å². The summed E-state index contributed by atoms with van der Waals surface area (Å²) in [4.78, 5) is 8.40. The quantitative estimate of drug-likeness (QED) is 0.859. The van der Waals surface area contributed by atoms with E-state index in [1.807, 2.05) is 6.92 Å². The SMILES string of the molecule is CCNc1ccnc(-c2cccc(F)c2)n1. The molecule has 2 rings (SSSR count). The maximum atomic E-state index is 13.0. The third-order valence-corrected chi connectivity index (χ3v) is 2.10. The van der Waals surface area contributed by atoms with Crippen molar-refractivity contribution in [3.63, 3.8) is 0 Å². The largest absolute Gasteiger partial charge is 0.370 e. The fourth-order valence-electron chi connectivity index (χ4n) is 1.40. The lowest BCUT2D eigenvalue weighted by Gasteiger charge is -2.04. The van der Waals surface area contributed by atoms with Crippen LogP contribution in [0.1, 0.15) is 6.92 Å². The molecule has 0 atom stereocenters. The molecule has 0 saturated carbocycles. The Morgan fingerprint density at radius 3 is 2.94 bits per heavy atom. The number of nitrogens with zero attached hydrogens (tertiary/aromatic N) is 2. The highest BCUT2D eigenvalue weighted by molar-refractivity contribution is 5.56. The zero-order valence-electron chi connectivity index (χ0n) is 8.94. The number of hydrogen-bond acceptors (Lipinski definition) is 3. The van der Waals surface area contributed by atoms with Crippen molar-refractivity contribution in [1.82, 2.24) is 9.97 Å². The van der Waals surface area contributed by atoms with Crippen LogP contribution in [0.15, 0.2) is 36.5 Å². The van der Waals surface area contributed by atoms with E-state index in [0.717, 1.165) is 12.4 Å². The van der Waals surface area contributed by atoms with Crippen molar-refractivity contribution in [3.8, 4) is 11.4 Å². The number of rotatable bonds is 3. The molecule has 1 heterocycles. The molecule has 0 amide bonds. The van der Waals surface area contributed by atoms with Gasteiger partial charge in [0.15, 0.2) is 5.82 Å². The molecule has 1 N–H and O–H groups in total. The molecular weight excluding hydrogens is 205 g/mol.